The van der Waals surface area contributed by atoms with Crippen LogP contribution in [0, 0.1) is 13.8 Å². The Morgan fingerprint density at radius 2 is 1.62 bits per heavy atom. The first kappa shape index (κ1) is 18.6. The molecule has 0 heterocycles. The molecule has 1 rings (SSSR count). The summed E-state index contributed by atoms with van der Waals surface area (Å²) < 4.78 is 6.02. The molecular formula is C18H28Cl2O. The van der Waals surface area contributed by atoms with Crippen molar-refractivity contribution in [2.75, 3.05) is 6.61 Å². The van der Waals surface area contributed by atoms with Crippen molar-refractivity contribution in [2.24, 2.45) is 0 Å². The molecule has 1 nitrogen and oxygen atoms in total. The predicted octanol–water partition coefficient (Wildman–Crippen LogP) is 6.52. The van der Waals surface area contributed by atoms with Gasteiger partial charge in [0.05, 0.1) is 12.5 Å². The van der Waals surface area contributed by atoms with E-state index >= 15 is 0 Å². The summed E-state index contributed by atoms with van der Waals surface area (Å²) in [4.78, 5) is 0. The molecule has 0 amide bonds. The first-order chi connectivity index (χ1) is 10.2. The highest BCUT2D eigenvalue weighted by Gasteiger charge is 2.13. The number of ether oxygens (including phenoxy) is 1. The molecule has 0 fully saturated rings. The van der Waals surface area contributed by atoms with Crippen molar-refractivity contribution >= 4 is 23.2 Å². The van der Waals surface area contributed by atoms with E-state index in [0.29, 0.717) is 11.8 Å². The van der Waals surface area contributed by atoms with Gasteiger partial charge < -0.3 is 4.74 Å². The number of aryl methyl sites for hydroxylation is 1. The first-order valence-electron chi connectivity index (χ1n) is 8.02. The fourth-order valence-electron chi connectivity index (χ4n) is 2.65. The van der Waals surface area contributed by atoms with Crippen LogP contribution >= 0.6 is 23.2 Å². The molecule has 0 aliphatic rings. The number of hydrogen-bond donors (Lipinski definition) is 0. The zero-order valence-corrected chi connectivity index (χ0v) is 15.1. The van der Waals surface area contributed by atoms with E-state index in [9.17, 15) is 0 Å². The van der Waals surface area contributed by atoms with Crippen LogP contribution in [-0.2, 0) is 11.8 Å². The van der Waals surface area contributed by atoms with Gasteiger partial charge in [0.15, 0.2) is 0 Å². The summed E-state index contributed by atoms with van der Waals surface area (Å²) in [6, 6.07) is 2.11. The SMILES string of the molecule is CCCCCCCCOc1c(CCl)cc(C)c(CCl)c1C. The van der Waals surface area contributed by atoms with E-state index in [1.807, 2.05) is 0 Å². The van der Waals surface area contributed by atoms with Gasteiger partial charge in [-0.05, 0) is 37.0 Å². The minimum absolute atomic E-state index is 0.482. The van der Waals surface area contributed by atoms with Gasteiger partial charge in [-0.1, -0.05) is 45.1 Å². The molecule has 21 heavy (non-hydrogen) atoms. The number of unbranched alkanes of at least 4 members (excludes halogenated alkanes) is 5. The standard InChI is InChI=1S/C18H28Cl2O/c1-4-5-6-7-8-9-10-21-18-15(3)17(13-20)14(2)11-16(18)12-19/h11H,4-10,12-13H2,1-3H3. The Morgan fingerprint density at radius 3 is 2.24 bits per heavy atom. The molecule has 120 valence electrons. The second-order valence-electron chi connectivity index (χ2n) is 5.67. The Kier molecular flexibility index (Phi) is 9.19. The largest absolute Gasteiger partial charge is 0.493 e. The lowest BCUT2D eigenvalue weighted by Crippen LogP contribution is -2.04. The smallest absolute Gasteiger partial charge is 0.126 e. The van der Waals surface area contributed by atoms with E-state index in [-0.39, 0.29) is 0 Å². The van der Waals surface area contributed by atoms with Crippen molar-refractivity contribution in [1.82, 2.24) is 0 Å². The summed E-state index contributed by atoms with van der Waals surface area (Å²) in [6.07, 6.45) is 7.62. The maximum Gasteiger partial charge on any atom is 0.126 e. The van der Waals surface area contributed by atoms with Crippen LogP contribution in [0.25, 0.3) is 0 Å². The van der Waals surface area contributed by atoms with Gasteiger partial charge in [-0.3, -0.25) is 0 Å². The van der Waals surface area contributed by atoms with Crippen LogP contribution < -0.4 is 4.74 Å². The van der Waals surface area contributed by atoms with Gasteiger partial charge in [0.1, 0.15) is 5.75 Å². The molecule has 0 aromatic heterocycles. The number of rotatable bonds is 10. The Morgan fingerprint density at radius 1 is 0.952 bits per heavy atom. The molecule has 0 saturated carbocycles. The summed E-state index contributed by atoms with van der Waals surface area (Å²) in [7, 11) is 0. The molecule has 0 saturated heterocycles. The minimum atomic E-state index is 0.482. The monoisotopic (exact) mass is 330 g/mol. The average molecular weight is 331 g/mol. The third-order valence-electron chi connectivity index (χ3n) is 3.97. The predicted molar refractivity (Wildman–Crippen MR) is 93.9 cm³/mol. The molecule has 3 heteroatoms. The number of alkyl halides is 2. The highest BCUT2D eigenvalue weighted by Crippen LogP contribution is 2.32. The lowest BCUT2D eigenvalue weighted by atomic mass is 9.99. The summed E-state index contributed by atoms with van der Waals surface area (Å²) in [6.45, 7) is 7.17. The normalized spacial score (nSPS) is 10.9. The molecule has 0 aliphatic carbocycles. The fourth-order valence-corrected chi connectivity index (χ4v) is 3.26. The van der Waals surface area contributed by atoms with E-state index in [1.165, 1.54) is 43.2 Å². The molecule has 0 unspecified atom stereocenters. The lowest BCUT2D eigenvalue weighted by Gasteiger charge is -2.17. The van der Waals surface area contributed by atoms with E-state index < -0.39 is 0 Å². The van der Waals surface area contributed by atoms with Crippen LogP contribution in [0.3, 0.4) is 0 Å². The maximum atomic E-state index is 6.06. The van der Waals surface area contributed by atoms with Gasteiger partial charge in [-0.15, -0.1) is 23.2 Å². The molecule has 0 aliphatic heterocycles. The van der Waals surface area contributed by atoms with Gasteiger partial charge in [0, 0.05) is 11.4 Å². The molecule has 1 aromatic rings. The van der Waals surface area contributed by atoms with Crippen LogP contribution in [0.4, 0.5) is 0 Å². The van der Waals surface area contributed by atoms with E-state index in [1.54, 1.807) is 0 Å². The third-order valence-corrected chi connectivity index (χ3v) is 4.53. The topological polar surface area (TPSA) is 9.23 Å². The zero-order valence-electron chi connectivity index (χ0n) is 13.6. The summed E-state index contributed by atoms with van der Waals surface area (Å²) >= 11 is 12.1. The highest BCUT2D eigenvalue weighted by atomic mass is 35.5. The minimum Gasteiger partial charge on any atom is -0.493 e. The number of hydrogen-bond acceptors (Lipinski definition) is 1. The molecule has 0 radical (unpaired) electrons. The molecule has 0 spiro atoms. The van der Waals surface area contributed by atoms with Gasteiger partial charge in [0.25, 0.3) is 0 Å². The molecular weight excluding hydrogens is 303 g/mol. The van der Waals surface area contributed by atoms with Gasteiger partial charge in [-0.25, -0.2) is 0 Å². The Balaban J connectivity index is 2.57. The van der Waals surface area contributed by atoms with Crippen LogP contribution in [0.15, 0.2) is 6.07 Å². The van der Waals surface area contributed by atoms with Crippen LogP contribution in [0.2, 0.25) is 0 Å². The Labute approximate surface area is 140 Å². The van der Waals surface area contributed by atoms with Gasteiger partial charge in [-0.2, -0.15) is 0 Å². The highest BCUT2D eigenvalue weighted by molar-refractivity contribution is 6.18. The van der Waals surface area contributed by atoms with Crippen LogP contribution in [0.5, 0.6) is 5.75 Å². The number of benzene rings is 1. The first-order valence-corrected chi connectivity index (χ1v) is 9.09. The molecule has 0 bridgehead atoms. The number of halogens is 2. The summed E-state index contributed by atoms with van der Waals surface area (Å²) in [5, 5.41) is 0. The molecule has 1 aromatic carbocycles. The van der Waals surface area contributed by atoms with Gasteiger partial charge >= 0.3 is 0 Å². The van der Waals surface area contributed by atoms with Crippen molar-refractivity contribution in [3.8, 4) is 5.75 Å². The van der Waals surface area contributed by atoms with Gasteiger partial charge in [0.2, 0.25) is 0 Å². The molecule has 0 atom stereocenters. The van der Waals surface area contributed by atoms with E-state index in [2.05, 4.69) is 26.8 Å². The van der Waals surface area contributed by atoms with Crippen molar-refractivity contribution in [3.05, 3.63) is 28.3 Å². The van der Waals surface area contributed by atoms with E-state index in [4.69, 9.17) is 27.9 Å². The molecule has 0 N–H and O–H groups in total. The van der Waals surface area contributed by atoms with Crippen LogP contribution in [-0.4, -0.2) is 6.61 Å². The summed E-state index contributed by atoms with van der Waals surface area (Å²) in [5.74, 6) is 1.95. The second kappa shape index (κ2) is 10.3. The Hall–Kier alpha value is -0.400. The van der Waals surface area contributed by atoms with Crippen molar-refractivity contribution in [2.45, 2.75) is 71.1 Å². The summed E-state index contributed by atoms with van der Waals surface area (Å²) in [5.41, 5.74) is 4.59. The van der Waals surface area contributed by atoms with Crippen LogP contribution in [0.1, 0.15) is 67.7 Å². The average Bonchev–Trinajstić information content (AvgIpc) is 2.48. The Bertz CT molecular complexity index is 430. The third kappa shape index (κ3) is 5.71. The lowest BCUT2D eigenvalue weighted by molar-refractivity contribution is 0.300. The van der Waals surface area contributed by atoms with Crippen molar-refractivity contribution in [1.29, 1.82) is 0 Å². The fraction of sp³-hybridized carbons (Fsp3) is 0.667. The van der Waals surface area contributed by atoms with Crippen molar-refractivity contribution < 1.29 is 4.74 Å². The maximum absolute atomic E-state index is 6.06. The van der Waals surface area contributed by atoms with Crippen molar-refractivity contribution in [3.63, 3.8) is 0 Å². The second-order valence-corrected chi connectivity index (χ2v) is 6.20. The quantitative estimate of drug-likeness (QED) is 0.350. The zero-order chi connectivity index (χ0) is 15.7. The van der Waals surface area contributed by atoms with E-state index in [0.717, 1.165) is 29.9 Å².